The van der Waals surface area contributed by atoms with Crippen molar-refractivity contribution in [1.82, 2.24) is 10.3 Å². The Morgan fingerprint density at radius 1 is 1.53 bits per heavy atom. The summed E-state index contributed by atoms with van der Waals surface area (Å²) in [5, 5.41) is 14.0. The number of halogens is 1. The van der Waals surface area contributed by atoms with Crippen LogP contribution in [0, 0.1) is 10.1 Å². The second kappa shape index (κ2) is 6.04. The quantitative estimate of drug-likeness (QED) is 0.655. The smallest absolute Gasteiger partial charge is 0.287 e. The summed E-state index contributed by atoms with van der Waals surface area (Å²) in [5.74, 6) is 0. The zero-order valence-corrected chi connectivity index (χ0v) is 10.5. The number of hydrogen-bond acceptors (Lipinski definition) is 5. The molecule has 1 aromatic heterocycles. The number of hydrogen-bond donors (Lipinski definition) is 1. The molecular weight excluding hydrogens is 266 g/mol. The van der Waals surface area contributed by atoms with Gasteiger partial charge in [-0.25, -0.2) is 4.98 Å². The molecule has 1 aliphatic heterocycles. The molecule has 1 aromatic rings. The molecule has 0 aromatic carbocycles. The monoisotopic (exact) mass is 277 g/mol. The van der Waals surface area contributed by atoms with Crippen molar-refractivity contribution in [3.05, 3.63) is 28.4 Å². The molecule has 0 aliphatic carbocycles. The largest absolute Gasteiger partial charge is 0.315 e. The van der Waals surface area contributed by atoms with E-state index in [0.29, 0.717) is 11.6 Å². The number of nitro groups is 1. The van der Waals surface area contributed by atoms with Crippen LogP contribution in [0.25, 0.3) is 0 Å². The van der Waals surface area contributed by atoms with Crippen molar-refractivity contribution in [2.75, 3.05) is 13.1 Å². The first-order chi connectivity index (χ1) is 7.68. The Morgan fingerprint density at radius 2 is 2.29 bits per heavy atom. The van der Waals surface area contributed by atoms with E-state index in [2.05, 4.69) is 10.3 Å². The first-order valence-corrected chi connectivity index (χ1v) is 6.11. The van der Waals surface area contributed by atoms with E-state index in [-0.39, 0.29) is 23.3 Å². The summed E-state index contributed by atoms with van der Waals surface area (Å²) in [7, 11) is -1.18. The van der Waals surface area contributed by atoms with Gasteiger partial charge in [0.1, 0.15) is 11.2 Å². The molecule has 1 saturated heterocycles. The minimum Gasteiger partial charge on any atom is -0.315 e. The van der Waals surface area contributed by atoms with Gasteiger partial charge in [0.25, 0.3) is 5.69 Å². The van der Waals surface area contributed by atoms with E-state index < -0.39 is 15.7 Å². The van der Waals surface area contributed by atoms with Crippen LogP contribution in [0.5, 0.6) is 0 Å². The summed E-state index contributed by atoms with van der Waals surface area (Å²) in [6, 6.07) is 2.80. The molecule has 0 spiro atoms. The minimum absolute atomic E-state index is 0. The fourth-order valence-electron chi connectivity index (χ4n) is 1.58. The number of nitrogens with one attached hydrogen (secondary N) is 1. The van der Waals surface area contributed by atoms with E-state index in [4.69, 9.17) is 0 Å². The van der Waals surface area contributed by atoms with Gasteiger partial charge in [0.2, 0.25) is 0 Å². The molecule has 1 fully saturated rings. The second-order valence-corrected chi connectivity index (χ2v) is 5.20. The van der Waals surface area contributed by atoms with Gasteiger partial charge in [-0.1, -0.05) is 0 Å². The van der Waals surface area contributed by atoms with Gasteiger partial charge in [-0.3, -0.25) is 14.3 Å². The van der Waals surface area contributed by atoms with Crippen LogP contribution in [0.3, 0.4) is 0 Å². The van der Waals surface area contributed by atoms with Crippen LogP contribution in [0.2, 0.25) is 0 Å². The van der Waals surface area contributed by atoms with Gasteiger partial charge in [-0.05, 0) is 19.0 Å². The molecule has 2 rings (SSSR count). The molecule has 94 valence electrons. The van der Waals surface area contributed by atoms with E-state index in [1.54, 1.807) is 0 Å². The van der Waals surface area contributed by atoms with Crippen LogP contribution in [-0.2, 0) is 10.8 Å². The highest BCUT2D eigenvalue weighted by molar-refractivity contribution is 7.85. The maximum Gasteiger partial charge on any atom is 0.287 e. The number of pyridine rings is 1. The second-order valence-electron chi connectivity index (χ2n) is 3.52. The topological polar surface area (TPSA) is 85.1 Å². The Hall–Kier alpha value is -1.05. The van der Waals surface area contributed by atoms with Gasteiger partial charge in [-0.2, -0.15) is 0 Å². The van der Waals surface area contributed by atoms with E-state index in [1.807, 2.05) is 0 Å². The number of aromatic nitrogens is 1. The standard InChI is InChI=1S/C9H11N3O3S.ClH/c13-12(14)7-1-2-9(11-5-7)16(15)8-3-4-10-6-8;/h1-2,5,8,10H,3-4,6H2;1H/t8-,16+;/m1./s1. The fourth-order valence-corrected chi connectivity index (χ4v) is 2.88. The van der Waals surface area contributed by atoms with Crippen molar-refractivity contribution in [3.8, 4) is 0 Å². The number of rotatable bonds is 3. The summed E-state index contributed by atoms with van der Waals surface area (Å²) in [5.41, 5.74) is -0.0784. The predicted molar refractivity (Wildman–Crippen MR) is 65.8 cm³/mol. The Morgan fingerprint density at radius 3 is 2.76 bits per heavy atom. The molecule has 2 atom stereocenters. The van der Waals surface area contributed by atoms with Crippen molar-refractivity contribution < 1.29 is 9.13 Å². The molecule has 0 radical (unpaired) electrons. The van der Waals surface area contributed by atoms with E-state index in [9.17, 15) is 14.3 Å². The summed E-state index contributed by atoms with van der Waals surface area (Å²) in [6.07, 6.45) is 2.00. The fraction of sp³-hybridized carbons (Fsp3) is 0.444. The molecule has 0 bridgehead atoms. The number of nitrogens with zero attached hydrogens (tertiary/aromatic N) is 2. The molecule has 6 nitrogen and oxygen atoms in total. The lowest BCUT2D eigenvalue weighted by atomic mass is 10.4. The molecule has 0 unspecified atom stereocenters. The van der Waals surface area contributed by atoms with Gasteiger partial charge in [0.15, 0.2) is 0 Å². The molecular formula is C9H12ClN3O3S. The molecule has 17 heavy (non-hydrogen) atoms. The SMILES string of the molecule is Cl.O=[N+]([O-])c1ccc([S@@](=O)[C@@H]2CCNC2)nc1. The third-order valence-corrected chi connectivity index (χ3v) is 4.12. The molecule has 1 N–H and O–H groups in total. The highest BCUT2D eigenvalue weighted by Gasteiger charge is 2.23. The Balaban J connectivity index is 0.00000144. The van der Waals surface area contributed by atoms with Crippen LogP contribution in [0.1, 0.15) is 6.42 Å². The van der Waals surface area contributed by atoms with Crippen LogP contribution in [0.15, 0.2) is 23.4 Å². The Bertz CT molecular complexity index is 420. The van der Waals surface area contributed by atoms with Gasteiger partial charge >= 0.3 is 0 Å². The summed E-state index contributed by atoms with van der Waals surface area (Å²) in [4.78, 5) is 13.8. The van der Waals surface area contributed by atoms with Crippen LogP contribution < -0.4 is 5.32 Å². The lowest BCUT2D eigenvalue weighted by Crippen LogP contribution is -2.19. The maximum absolute atomic E-state index is 12.0. The lowest BCUT2D eigenvalue weighted by Gasteiger charge is -2.06. The summed E-state index contributed by atoms with van der Waals surface area (Å²) >= 11 is 0. The van der Waals surface area contributed by atoms with Crippen LogP contribution in [0.4, 0.5) is 5.69 Å². The van der Waals surface area contributed by atoms with Crippen molar-refractivity contribution in [1.29, 1.82) is 0 Å². The molecule has 2 heterocycles. The van der Waals surface area contributed by atoms with Crippen molar-refractivity contribution >= 4 is 28.9 Å². The zero-order chi connectivity index (χ0) is 11.5. The highest BCUT2D eigenvalue weighted by Crippen LogP contribution is 2.16. The molecule has 8 heteroatoms. The van der Waals surface area contributed by atoms with Crippen molar-refractivity contribution in [3.63, 3.8) is 0 Å². The lowest BCUT2D eigenvalue weighted by molar-refractivity contribution is -0.385. The van der Waals surface area contributed by atoms with Crippen molar-refractivity contribution in [2.24, 2.45) is 0 Å². The third kappa shape index (κ3) is 3.21. The van der Waals surface area contributed by atoms with Gasteiger partial charge in [-0.15, -0.1) is 12.4 Å². The van der Waals surface area contributed by atoms with Gasteiger partial charge in [0, 0.05) is 12.6 Å². The van der Waals surface area contributed by atoms with Crippen LogP contribution in [-0.4, -0.2) is 32.5 Å². The van der Waals surface area contributed by atoms with E-state index in [1.165, 1.54) is 12.1 Å². The zero-order valence-electron chi connectivity index (χ0n) is 8.87. The molecule has 0 amide bonds. The molecule has 1 aliphatic rings. The van der Waals surface area contributed by atoms with Gasteiger partial charge in [0.05, 0.1) is 21.0 Å². The van der Waals surface area contributed by atoms with E-state index in [0.717, 1.165) is 19.2 Å². The minimum atomic E-state index is -1.18. The molecule has 0 saturated carbocycles. The van der Waals surface area contributed by atoms with Crippen molar-refractivity contribution in [2.45, 2.75) is 16.7 Å². The van der Waals surface area contributed by atoms with Gasteiger partial charge < -0.3 is 5.32 Å². The van der Waals surface area contributed by atoms with E-state index >= 15 is 0 Å². The third-order valence-electron chi connectivity index (χ3n) is 2.46. The predicted octanol–water partition coefficient (Wildman–Crippen LogP) is 0.881. The van der Waals surface area contributed by atoms with Crippen LogP contribution >= 0.6 is 12.4 Å². The Labute approximate surface area is 107 Å². The summed E-state index contributed by atoms with van der Waals surface area (Å²) in [6.45, 7) is 1.58. The normalized spacial score (nSPS) is 20.6. The highest BCUT2D eigenvalue weighted by atomic mass is 35.5. The first-order valence-electron chi connectivity index (χ1n) is 4.90. The Kier molecular flexibility index (Phi) is 4.98. The summed E-state index contributed by atoms with van der Waals surface area (Å²) < 4.78 is 12.0. The average molecular weight is 278 g/mol. The first kappa shape index (κ1) is 14.0. The maximum atomic E-state index is 12.0. The average Bonchev–Trinajstić information content (AvgIpc) is 2.81.